The number of hydrogen-bond donors (Lipinski definition) is 4. The standard InChI is InChI=1S/C27H42N4O3/c1-4-34-25(33)29-21-8-10-23(31-24(21)28)30-22-9-7-19-18-6-5-16-15-17(32)11-13-26(16,2)20(18)12-14-27(19,22)3/h8,10,16-20,22,32H,4-7,9,11-15H2,1-3H3,(H,29,33)(H3,28,30,31). The minimum Gasteiger partial charge on any atom is -0.450 e. The number of nitrogens with zero attached hydrogens (tertiary/aromatic N) is 1. The molecule has 1 amide bonds. The molecule has 0 bridgehead atoms. The van der Waals surface area contributed by atoms with Crippen LogP contribution in [0.1, 0.15) is 78.6 Å². The van der Waals surface area contributed by atoms with Crippen LogP contribution in [-0.4, -0.2) is 34.9 Å². The van der Waals surface area contributed by atoms with E-state index in [1.807, 2.05) is 6.07 Å². The van der Waals surface area contributed by atoms with Gasteiger partial charge in [-0.3, -0.25) is 5.32 Å². The van der Waals surface area contributed by atoms with Crippen LogP contribution < -0.4 is 16.4 Å². The van der Waals surface area contributed by atoms with Crippen molar-refractivity contribution < 1.29 is 14.6 Å². The summed E-state index contributed by atoms with van der Waals surface area (Å²) >= 11 is 0. The summed E-state index contributed by atoms with van der Waals surface area (Å²) in [5.41, 5.74) is 7.28. The van der Waals surface area contributed by atoms with Crippen molar-refractivity contribution in [1.82, 2.24) is 4.98 Å². The fraction of sp³-hybridized carbons (Fsp3) is 0.778. The van der Waals surface area contributed by atoms with E-state index < -0.39 is 6.09 Å². The van der Waals surface area contributed by atoms with Crippen molar-refractivity contribution in [3.05, 3.63) is 12.1 Å². The van der Waals surface area contributed by atoms with Gasteiger partial charge >= 0.3 is 6.09 Å². The van der Waals surface area contributed by atoms with E-state index >= 15 is 0 Å². The van der Waals surface area contributed by atoms with Gasteiger partial charge in [-0.1, -0.05) is 13.8 Å². The molecule has 5 N–H and O–H groups in total. The lowest BCUT2D eigenvalue weighted by molar-refractivity contribution is -0.121. The van der Waals surface area contributed by atoms with Gasteiger partial charge in [0, 0.05) is 6.04 Å². The summed E-state index contributed by atoms with van der Waals surface area (Å²) in [5, 5.41) is 16.7. The number of anilines is 3. The largest absolute Gasteiger partial charge is 0.450 e. The summed E-state index contributed by atoms with van der Waals surface area (Å²) in [6.07, 6.45) is 10.2. The molecule has 5 rings (SSSR count). The van der Waals surface area contributed by atoms with Gasteiger partial charge in [0.05, 0.1) is 18.4 Å². The molecule has 8 unspecified atom stereocenters. The smallest absolute Gasteiger partial charge is 0.411 e. The minimum absolute atomic E-state index is 0.0811. The van der Waals surface area contributed by atoms with Crippen molar-refractivity contribution in [2.45, 2.75) is 90.7 Å². The number of amides is 1. The molecule has 0 saturated heterocycles. The van der Waals surface area contributed by atoms with E-state index in [2.05, 4.69) is 29.5 Å². The van der Waals surface area contributed by atoms with Crippen LogP contribution in [-0.2, 0) is 4.74 Å². The van der Waals surface area contributed by atoms with Gasteiger partial charge in [-0.2, -0.15) is 0 Å². The predicted molar refractivity (Wildman–Crippen MR) is 134 cm³/mol. The number of hydrogen-bond acceptors (Lipinski definition) is 6. The number of nitrogens with two attached hydrogens (primary N) is 1. The van der Waals surface area contributed by atoms with E-state index in [0.29, 0.717) is 35.5 Å². The van der Waals surface area contributed by atoms with Crippen LogP contribution in [0.15, 0.2) is 12.1 Å². The van der Waals surface area contributed by atoms with Gasteiger partial charge in [0.1, 0.15) is 11.6 Å². The van der Waals surface area contributed by atoms with E-state index in [9.17, 15) is 9.90 Å². The maximum absolute atomic E-state index is 11.7. The first-order valence-corrected chi connectivity index (χ1v) is 13.4. The first-order valence-electron chi connectivity index (χ1n) is 13.4. The molecule has 0 spiro atoms. The lowest BCUT2D eigenvalue weighted by atomic mass is 9.45. The Bertz CT molecular complexity index is 925. The van der Waals surface area contributed by atoms with E-state index in [0.717, 1.165) is 42.8 Å². The molecule has 7 nitrogen and oxygen atoms in total. The molecule has 0 radical (unpaired) electrons. The number of pyridine rings is 1. The number of ether oxygens (including phenoxy) is 1. The van der Waals surface area contributed by atoms with Gasteiger partial charge in [-0.15, -0.1) is 0 Å². The number of aromatic nitrogens is 1. The maximum atomic E-state index is 11.7. The number of aliphatic hydroxyl groups is 1. The van der Waals surface area contributed by atoms with Gasteiger partial charge in [0.2, 0.25) is 0 Å². The topological polar surface area (TPSA) is 110 Å². The minimum atomic E-state index is -0.518. The molecular weight excluding hydrogens is 428 g/mol. The van der Waals surface area contributed by atoms with Crippen molar-refractivity contribution in [3.8, 4) is 0 Å². The van der Waals surface area contributed by atoms with Crippen molar-refractivity contribution in [2.24, 2.45) is 34.5 Å². The third-order valence-corrected chi connectivity index (χ3v) is 10.4. The van der Waals surface area contributed by atoms with Crippen LogP contribution >= 0.6 is 0 Å². The Morgan fingerprint density at radius 2 is 1.88 bits per heavy atom. The first kappa shape index (κ1) is 23.7. The molecule has 4 aliphatic carbocycles. The van der Waals surface area contributed by atoms with E-state index in [-0.39, 0.29) is 11.5 Å². The average molecular weight is 471 g/mol. The molecule has 34 heavy (non-hydrogen) atoms. The lowest BCUT2D eigenvalue weighted by Crippen LogP contribution is -2.55. The van der Waals surface area contributed by atoms with Crippen LogP contribution in [0.4, 0.5) is 22.1 Å². The second-order valence-electron chi connectivity index (χ2n) is 11.9. The van der Waals surface area contributed by atoms with E-state index in [1.54, 1.807) is 13.0 Å². The zero-order chi connectivity index (χ0) is 24.1. The molecule has 7 heteroatoms. The summed E-state index contributed by atoms with van der Waals surface area (Å²) in [6, 6.07) is 4.08. The summed E-state index contributed by atoms with van der Waals surface area (Å²) in [4.78, 5) is 16.3. The molecule has 0 aliphatic heterocycles. The SMILES string of the molecule is CCOC(=O)Nc1ccc(NC2CCC3C4CCC5CC(O)CCC5(C)C4CCC23C)nc1N. The normalized spacial score (nSPS) is 41.1. The molecule has 1 heterocycles. The Hall–Kier alpha value is -2.02. The molecule has 4 saturated carbocycles. The number of nitrogens with one attached hydrogen (secondary N) is 2. The molecule has 1 aromatic rings. The van der Waals surface area contributed by atoms with Crippen LogP contribution in [0.3, 0.4) is 0 Å². The zero-order valence-corrected chi connectivity index (χ0v) is 21.0. The summed E-state index contributed by atoms with van der Waals surface area (Å²) in [6.45, 7) is 7.12. The quantitative estimate of drug-likeness (QED) is 0.468. The second-order valence-corrected chi connectivity index (χ2v) is 11.9. The third-order valence-electron chi connectivity index (χ3n) is 10.4. The Morgan fingerprint density at radius 3 is 2.65 bits per heavy atom. The van der Waals surface area contributed by atoms with Crippen LogP contribution in [0.25, 0.3) is 0 Å². The highest BCUT2D eigenvalue weighted by Crippen LogP contribution is 2.66. The van der Waals surface area contributed by atoms with Gasteiger partial charge < -0.3 is 20.9 Å². The molecule has 4 aliphatic rings. The highest BCUT2D eigenvalue weighted by Gasteiger charge is 2.60. The third kappa shape index (κ3) is 3.94. The summed E-state index contributed by atoms with van der Waals surface area (Å²) in [7, 11) is 0. The molecule has 4 fully saturated rings. The fourth-order valence-electron chi connectivity index (χ4n) is 8.59. The average Bonchev–Trinajstić information content (AvgIpc) is 3.12. The summed E-state index contributed by atoms with van der Waals surface area (Å²) in [5.74, 6) is 4.13. The number of rotatable bonds is 4. The Morgan fingerprint density at radius 1 is 1.12 bits per heavy atom. The van der Waals surface area contributed by atoms with Crippen LogP contribution in [0.5, 0.6) is 0 Å². The van der Waals surface area contributed by atoms with E-state index in [1.165, 1.54) is 38.5 Å². The van der Waals surface area contributed by atoms with Crippen LogP contribution in [0, 0.1) is 34.5 Å². The molecule has 8 atom stereocenters. The molecule has 0 aromatic carbocycles. The summed E-state index contributed by atoms with van der Waals surface area (Å²) < 4.78 is 4.94. The monoisotopic (exact) mass is 470 g/mol. The first-order chi connectivity index (χ1) is 16.2. The van der Waals surface area contributed by atoms with Crippen molar-refractivity contribution in [2.75, 3.05) is 23.0 Å². The maximum Gasteiger partial charge on any atom is 0.411 e. The van der Waals surface area contributed by atoms with Crippen LogP contribution in [0.2, 0.25) is 0 Å². The van der Waals surface area contributed by atoms with Gasteiger partial charge in [0.15, 0.2) is 0 Å². The van der Waals surface area contributed by atoms with E-state index in [4.69, 9.17) is 10.5 Å². The number of aliphatic hydroxyl groups excluding tert-OH is 1. The number of nitrogen functional groups attached to an aromatic ring is 1. The predicted octanol–water partition coefficient (Wildman–Crippen LogP) is 5.42. The number of fused-ring (bicyclic) bond motifs is 5. The zero-order valence-electron chi connectivity index (χ0n) is 21.0. The second kappa shape index (κ2) is 8.89. The Kier molecular flexibility index (Phi) is 6.20. The Balaban J connectivity index is 1.29. The fourth-order valence-corrected chi connectivity index (χ4v) is 8.59. The number of carbonyl (C=O) groups excluding carboxylic acids is 1. The highest BCUT2D eigenvalue weighted by atomic mass is 16.5. The Labute approximate surface area is 203 Å². The van der Waals surface area contributed by atoms with Crippen molar-refractivity contribution >= 4 is 23.4 Å². The van der Waals surface area contributed by atoms with Gasteiger partial charge in [-0.05, 0) is 111 Å². The van der Waals surface area contributed by atoms with Gasteiger partial charge in [-0.25, -0.2) is 9.78 Å². The van der Waals surface area contributed by atoms with Crippen molar-refractivity contribution in [1.29, 1.82) is 0 Å². The molecule has 188 valence electrons. The number of carbonyl (C=O) groups is 1. The molecule has 1 aromatic heterocycles. The van der Waals surface area contributed by atoms with Gasteiger partial charge in [0.25, 0.3) is 0 Å². The molecular formula is C27H42N4O3. The lowest BCUT2D eigenvalue weighted by Gasteiger charge is -2.61. The van der Waals surface area contributed by atoms with Crippen molar-refractivity contribution in [3.63, 3.8) is 0 Å². The highest BCUT2D eigenvalue weighted by molar-refractivity contribution is 5.88.